The van der Waals surface area contributed by atoms with Crippen LogP contribution in [0.15, 0.2) is 18.2 Å². The maximum absolute atomic E-state index is 11.3. The van der Waals surface area contributed by atoms with Crippen LogP contribution in [0.25, 0.3) is 0 Å². The highest BCUT2D eigenvalue weighted by molar-refractivity contribution is 5.71. The molecular formula is C14H16N4O2. The lowest BCUT2D eigenvalue weighted by molar-refractivity contribution is -0.384. The zero-order chi connectivity index (χ0) is 14.3. The van der Waals surface area contributed by atoms with E-state index in [-0.39, 0.29) is 29.4 Å². The molecule has 2 N–H and O–H groups in total. The summed E-state index contributed by atoms with van der Waals surface area (Å²) < 4.78 is 0. The van der Waals surface area contributed by atoms with Crippen LogP contribution >= 0.6 is 0 Å². The van der Waals surface area contributed by atoms with Crippen molar-refractivity contribution in [1.29, 1.82) is 5.26 Å². The lowest BCUT2D eigenvalue weighted by Crippen LogP contribution is -2.47. The fraction of sp³-hybridized carbons (Fsp3) is 0.500. The Morgan fingerprint density at radius 3 is 2.55 bits per heavy atom. The Bertz CT molecular complexity index is 581. The Labute approximate surface area is 116 Å². The number of nitriles is 1. The second kappa shape index (κ2) is 4.76. The lowest BCUT2D eigenvalue weighted by Gasteiger charge is -2.39. The van der Waals surface area contributed by atoms with E-state index < -0.39 is 4.92 Å². The highest BCUT2D eigenvalue weighted by Crippen LogP contribution is 2.43. The average molecular weight is 272 g/mol. The third kappa shape index (κ3) is 1.91. The Hall–Kier alpha value is -2.13. The fourth-order valence-corrected chi connectivity index (χ4v) is 3.63. The molecule has 0 radical (unpaired) electrons. The molecule has 104 valence electrons. The average Bonchev–Trinajstić information content (AvgIpc) is 2.69. The van der Waals surface area contributed by atoms with Crippen molar-refractivity contribution in [3.63, 3.8) is 0 Å². The van der Waals surface area contributed by atoms with Crippen molar-refractivity contribution in [3.8, 4) is 6.07 Å². The number of fused-ring (bicyclic) bond motifs is 2. The second-order valence-electron chi connectivity index (χ2n) is 5.57. The standard InChI is InChI=1S/C14H16N4O2/c15-8-9-2-1-3-13(14(9)18(19)20)17-11-4-5-12(17)7-10(16)6-11/h1-3,10-12H,4-7,16H2. The van der Waals surface area contributed by atoms with E-state index in [2.05, 4.69) is 4.90 Å². The normalized spacial score (nSPS) is 28.2. The molecule has 0 aromatic heterocycles. The molecule has 0 saturated carbocycles. The van der Waals surface area contributed by atoms with E-state index in [0.29, 0.717) is 5.69 Å². The maximum atomic E-state index is 11.3. The van der Waals surface area contributed by atoms with Gasteiger partial charge in [-0.25, -0.2) is 0 Å². The van der Waals surface area contributed by atoms with E-state index in [1.54, 1.807) is 12.1 Å². The lowest BCUT2D eigenvalue weighted by atomic mass is 9.96. The maximum Gasteiger partial charge on any atom is 0.310 e. The molecule has 1 aromatic carbocycles. The van der Waals surface area contributed by atoms with Crippen molar-refractivity contribution >= 4 is 11.4 Å². The van der Waals surface area contributed by atoms with E-state index >= 15 is 0 Å². The molecule has 2 heterocycles. The number of rotatable bonds is 2. The minimum absolute atomic E-state index is 0.0672. The van der Waals surface area contributed by atoms with Gasteiger partial charge in [0.1, 0.15) is 17.3 Å². The largest absolute Gasteiger partial charge is 0.360 e. The topological polar surface area (TPSA) is 96.2 Å². The van der Waals surface area contributed by atoms with Gasteiger partial charge >= 0.3 is 5.69 Å². The quantitative estimate of drug-likeness (QED) is 0.655. The molecule has 0 amide bonds. The predicted molar refractivity (Wildman–Crippen MR) is 74.3 cm³/mol. The van der Waals surface area contributed by atoms with Gasteiger partial charge in [0.15, 0.2) is 0 Å². The molecule has 2 aliphatic rings. The number of piperidine rings is 1. The molecule has 2 fully saturated rings. The summed E-state index contributed by atoms with van der Waals surface area (Å²) in [6.07, 6.45) is 3.77. The molecule has 2 aliphatic heterocycles. The van der Waals surface area contributed by atoms with E-state index in [1.165, 1.54) is 6.07 Å². The SMILES string of the molecule is N#Cc1cccc(N2C3CCC2CC(N)C3)c1[N+](=O)[O-]. The van der Waals surface area contributed by atoms with Crippen LogP contribution in [0, 0.1) is 21.4 Å². The Balaban J connectivity index is 2.08. The summed E-state index contributed by atoms with van der Waals surface area (Å²) in [4.78, 5) is 13.0. The Morgan fingerprint density at radius 2 is 2.00 bits per heavy atom. The third-order valence-corrected chi connectivity index (χ3v) is 4.37. The minimum Gasteiger partial charge on any atom is -0.360 e. The van der Waals surface area contributed by atoms with Crippen LogP contribution in [0.4, 0.5) is 11.4 Å². The minimum atomic E-state index is -0.443. The summed E-state index contributed by atoms with van der Waals surface area (Å²) in [6.45, 7) is 0. The molecular weight excluding hydrogens is 256 g/mol. The fourth-order valence-electron chi connectivity index (χ4n) is 3.63. The molecule has 6 nitrogen and oxygen atoms in total. The smallest absolute Gasteiger partial charge is 0.310 e. The summed E-state index contributed by atoms with van der Waals surface area (Å²) in [7, 11) is 0. The van der Waals surface area contributed by atoms with E-state index in [0.717, 1.165) is 25.7 Å². The van der Waals surface area contributed by atoms with Crippen LogP contribution in [0.1, 0.15) is 31.2 Å². The molecule has 2 unspecified atom stereocenters. The summed E-state index contributed by atoms with van der Waals surface area (Å²) in [5.41, 5.74) is 6.67. The molecule has 2 saturated heterocycles. The van der Waals surface area contributed by atoms with Crippen LogP contribution < -0.4 is 10.6 Å². The van der Waals surface area contributed by atoms with Crippen LogP contribution in [0.2, 0.25) is 0 Å². The van der Waals surface area contributed by atoms with E-state index in [1.807, 2.05) is 6.07 Å². The number of anilines is 1. The number of para-hydroxylation sites is 1. The molecule has 20 heavy (non-hydrogen) atoms. The molecule has 0 spiro atoms. The van der Waals surface area contributed by atoms with Crippen LogP contribution in [-0.4, -0.2) is 23.0 Å². The van der Waals surface area contributed by atoms with Gasteiger partial charge < -0.3 is 10.6 Å². The highest BCUT2D eigenvalue weighted by Gasteiger charge is 2.42. The number of hydrogen-bond acceptors (Lipinski definition) is 5. The first-order valence-corrected chi connectivity index (χ1v) is 6.83. The van der Waals surface area contributed by atoms with E-state index in [9.17, 15) is 10.1 Å². The third-order valence-electron chi connectivity index (χ3n) is 4.37. The van der Waals surface area contributed by atoms with Gasteiger partial charge in [-0.05, 0) is 37.8 Å². The van der Waals surface area contributed by atoms with Crippen molar-refractivity contribution in [3.05, 3.63) is 33.9 Å². The second-order valence-corrected chi connectivity index (χ2v) is 5.57. The number of nitrogens with two attached hydrogens (primary N) is 1. The van der Waals surface area contributed by atoms with Crippen molar-refractivity contribution in [2.24, 2.45) is 5.73 Å². The monoisotopic (exact) mass is 272 g/mol. The summed E-state index contributed by atoms with van der Waals surface area (Å²) in [6, 6.07) is 7.59. The van der Waals surface area contributed by atoms with Gasteiger partial charge in [-0.2, -0.15) is 5.26 Å². The first-order valence-electron chi connectivity index (χ1n) is 6.83. The number of nitro groups is 1. The molecule has 2 bridgehead atoms. The first kappa shape index (κ1) is 12.9. The zero-order valence-electron chi connectivity index (χ0n) is 11.0. The molecule has 3 rings (SSSR count). The highest BCUT2D eigenvalue weighted by atomic mass is 16.6. The van der Waals surface area contributed by atoms with Gasteiger partial charge in [0.2, 0.25) is 0 Å². The van der Waals surface area contributed by atoms with Crippen molar-refractivity contribution in [1.82, 2.24) is 0 Å². The predicted octanol–water partition coefficient (Wildman–Crippen LogP) is 1.92. The summed E-state index contributed by atoms with van der Waals surface area (Å²) in [5.74, 6) is 0. The first-order chi connectivity index (χ1) is 9.61. The summed E-state index contributed by atoms with van der Waals surface area (Å²) >= 11 is 0. The van der Waals surface area contributed by atoms with Crippen LogP contribution in [0.3, 0.4) is 0 Å². The number of hydrogen-bond donors (Lipinski definition) is 1. The number of nitro benzene ring substituents is 1. The summed E-state index contributed by atoms with van der Waals surface area (Å²) in [5, 5.41) is 20.4. The number of nitrogens with zero attached hydrogens (tertiary/aromatic N) is 3. The van der Waals surface area contributed by atoms with Gasteiger partial charge in [0.05, 0.1) is 4.92 Å². The molecule has 0 aliphatic carbocycles. The van der Waals surface area contributed by atoms with Crippen LogP contribution in [-0.2, 0) is 0 Å². The number of benzene rings is 1. The van der Waals surface area contributed by atoms with Crippen LogP contribution in [0.5, 0.6) is 0 Å². The van der Waals surface area contributed by atoms with Gasteiger partial charge in [-0.3, -0.25) is 10.1 Å². The van der Waals surface area contributed by atoms with Gasteiger partial charge in [0.25, 0.3) is 0 Å². The van der Waals surface area contributed by atoms with Crippen molar-refractivity contribution in [2.75, 3.05) is 4.90 Å². The molecule has 1 aromatic rings. The Kier molecular flexibility index (Phi) is 3.07. The molecule has 2 atom stereocenters. The van der Waals surface area contributed by atoms with E-state index in [4.69, 9.17) is 11.0 Å². The van der Waals surface area contributed by atoms with Gasteiger partial charge in [0, 0.05) is 18.1 Å². The van der Waals surface area contributed by atoms with Crippen molar-refractivity contribution < 1.29 is 4.92 Å². The van der Waals surface area contributed by atoms with Crippen molar-refractivity contribution in [2.45, 2.75) is 43.8 Å². The molecule has 6 heteroatoms. The van der Waals surface area contributed by atoms with Gasteiger partial charge in [-0.15, -0.1) is 0 Å². The Morgan fingerprint density at radius 1 is 1.35 bits per heavy atom. The van der Waals surface area contributed by atoms with Gasteiger partial charge in [-0.1, -0.05) is 6.07 Å². The zero-order valence-corrected chi connectivity index (χ0v) is 11.0.